The van der Waals surface area contributed by atoms with Crippen molar-refractivity contribution in [2.75, 3.05) is 0 Å². The second kappa shape index (κ2) is 6.27. The lowest BCUT2D eigenvalue weighted by Crippen LogP contribution is -2.16. The van der Waals surface area contributed by atoms with Crippen LogP contribution < -0.4 is 4.74 Å². The predicted octanol–water partition coefficient (Wildman–Crippen LogP) is 6.38. The van der Waals surface area contributed by atoms with Crippen molar-refractivity contribution < 1.29 is 9.84 Å². The van der Waals surface area contributed by atoms with Crippen molar-refractivity contribution in [3.63, 3.8) is 0 Å². The van der Waals surface area contributed by atoms with E-state index in [4.69, 9.17) is 4.74 Å². The number of hydrogen-bond acceptors (Lipinski definition) is 2. The summed E-state index contributed by atoms with van der Waals surface area (Å²) in [6, 6.07) is 17.7. The Labute approximate surface area is 152 Å². The highest BCUT2D eigenvalue weighted by molar-refractivity contribution is 9.10. The first-order valence-electron chi connectivity index (χ1n) is 7.22. The fourth-order valence-corrected chi connectivity index (χ4v) is 3.19. The van der Waals surface area contributed by atoms with Crippen LogP contribution in [0, 0.1) is 0 Å². The van der Waals surface area contributed by atoms with Crippen molar-refractivity contribution in [1.29, 1.82) is 0 Å². The predicted molar refractivity (Wildman–Crippen MR) is 101 cm³/mol. The molecule has 0 radical (unpaired) electrons. The van der Waals surface area contributed by atoms with Gasteiger partial charge in [0.1, 0.15) is 11.5 Å². The normalized spacial score (nSPS) is 11.7. The Bertz CT molecular complexity index is 867. The molecule has 4 heteroatoms. The van der Waals surface area contributed by atoms with Gasteiger partial charge in [0.25, 0.3) is 0 Å². The number of halogens is 2. The molecule has 0 aliphatic rings. The van der Waals surface area contributed by atoms with Crippen molar-refractivity contribution >= 4 is 42.6 Å². The number of aliphatic hydroxyl groups is 1. The Morgan fingerprint density at radius 3 is 2.17 bits per heavy atom. The first kappa shape index (κ1) is 16.5. The first-order chi connectivity index (χ1) is 10.8. The van der Waals surface area contributed by atoms with E-state index in [1.165, 1.54) is 0 Å². The minimum atomic E-state index is -0.974. The van der Waals surface area contributed by atoms with Crippen molar-refractivity contribution in [1.82, 2.24) is 0 Å². The highest BCUT2D eigenvalue weighted by Gasteiger charge is 2.21. The maximum atomic E-state index is 10.3. The van der Waals surface area contributed by atoms with Crippen LogP contribution in [0.5, 0.6) is 11.5 Å². The van der Waals surface area contributed by atoms with Gasteiger partial charge in [-0.2, -0.15) is 0 Å². The van der Waals surface area contributed by atoms with Crippen LogP contribution in [-0.2, 0) is 5.60 Å². The molecule has 0 amide bonds. The Morgan fingerprint density at radius 1 is 0.826 bits per heavy atom. The number of hydrogen-bond donors (Lipinski definition) is 1. The van der Waals surface area contributed by atoms with Gasteiger partial charge in [-0.25, -0.2) is 0 Å². The lowest BCUT2D eigenvalue weighted by Gasteiger charge is -2.22. The van der Waals surface area contributed by atoms with Crippen LogP contribution in [0.3, 0.4) is 0 Å². The molecule has 0 aliphatic carbocycles. The molecule has 0 fully saturated rings. The zero-order valence-corrected chi connectivity index (χ0v) is 16.0. The van der Waals surface area contributed by atoms with Crippen molar-refractivity contribution in [3.05, 3.63) is 69.1 Å². The molecule has 0 heterocycles. The molecular formula is C19H16Br2O2. The molecule has 23 heavy (non-hydrogen) atoms. The maximum Gasteiger partial charge on any atom is 0.134 e. The molecule has 0 spiro atoms. The maximum absolute atomic E-state index is 10.3. The molecule has 3 aromatic rings. The Hall–Kier alpha value is -1.36. The molecule has 0 atom stereocenters. The largest absolute Gasteiger partial charge is 0.457 e. The standard InChI is InChI=1S/C19H16Br2O2/c1-19(2,22)17-8-6-15(21)11-18(17)23-16-7-4-12-9-14(20)5-3-13(12)10-16/h3-11,22H,1-2H3. The molecule has 0 saturated carbocycles. The average molecular weight is 436 g/mol. The lowest BCUT2D eigenvalue weighted by molar-refractivity contribution is 0.0762. The fraction of sp³-hybridized carbons (Fsp3) is 0.158. The summed E-state index contributed by atoms with van der Waals surface area (Å²) in [6.45, 7) is 3.50. The van der Waals surface area contributed by atoms with Gasteiger partial charge in [0.15, 0.2) is 0 Å². The van der Waals surface area contributed by atoms with E-state index in [9.17, 15) is 5.11 Å². The minimum absolute atomic E-state index is 0.642. The van der Waals surface area contributed by atoms with Gasteiger partial charge in [0.05, 0.1) is 5.60 Å². The second-order valence-corrected chi connectivity index (χ2v) is 7.79. The molecule has 118 valence electrons. The van der Waals surface area contributed by atoms with Gasteiger partial charge in [-0.05, 0) is 61.0 Å². The Morgan fingerprint density at radius 2 is 1.43 bits per heavy atom. The van der Waals surface area contributed by atoms with E-state index in [0.717, 1.165) is 31.0 Å². The van der Waals surface area contributed by atoms with E-state index in [-0.39, 0.29) is 0 Å². The van der Waals surface area contributed by atoms with Crippen molar-refractivity contribution in [2.45, 2.75) is 19.4 Å². The number of rotatable bonds is 3. The van der Waals surface area contributed by atoms with Crippen LogP contribution in [0.4, 0.5) is 0 Å². The van der Waals surface area contributed by atoms with Crippen LogP contribution in [0.25, 0.3) is 10.8 Å². The van der Waals surface area contributed by atoms with Gasteiger partial charge >= 0.3 is 0 Å². The van der Waals surface area contributed by atoms with Crippen LogP contribution in [0.1, 0.15) is 19.4 Å². The van der Waals surface area contributed by atoms with Crippen LogP contribution >= 0.6 is 31.9 Å². The van der Waals surface area contributed by atoms with E-state index >= 15 is 0 Å². The van der Waals surface area contributed by atoms with E-state index in [2.05, 4.69) is 37.9 Å². The molecule has 1 N–H and O–H groups in total. The van der Waals surface area contributed by atoms with Gasteiger partial charge in [0.2, 0.25) is 0 Å². The quantitative estimate of drug-likeness (QED) is 0.516. The summed E-state index contributed by atoms with van der Waals surface area (Å²) in [4.78, 5) is 0. The molecule has 0 bridgehead atoms. The summed E-state index contributed by atoms with van der Waals surface area (Å²) in [6.07, 6.45) is 0. The third kappa shape index (κ3) is 3.77. The second-order valence-electron chi connectivity index (χ2n) is 5.95. The van der Waals surface area contributed by atoms with E-state index in [1.54, 1.807) is 13.8 Å². The van der Waals surface area contributed by atoms with Gasteiger partial charge in [-0.3, -0.25) is 0 Å². The zero-order chi connectivity index (χ0) is 16.6. The summed E-state index contributed by atoms with van der Waals surface area (Å²) >= 11 is 6.94. The third-order valence-electron chi connectivity index (χ3n) is 3.60. The van der Waals surface area contributed by atoms with Gasteiger partial charge < -0.3 is 9.84 Å². The molecule has 0 aromatic heterocycles. The summed E-state index contributed by atoms with van der Waals surface area (Å²) in [7, 11) is 0. The van der Waals surface area contributed by atoms with E-state index < -0.39 is 5.60 Å². The molecule has 0 saturated heterocycles. The molecular weight excluding hydrogens is 420 g/mol. The summed E-state index contributed by atoms with van der Waals surface area (Å²) in [5, 5.41) is 12.6. The molecule has 0 unspecified atom stereocenters. The van der Waals surface area contributed by atoms with Crippen molar-refractivity contribution in [3.8, 4) is 11.5 Å². The highest BCUT2D eigenvalue weighted by atomic mass is 79.9. The number of fused-ring (bicyclic) bond motifs is 1. The van der Waals surface area contributed by atoms with Crippen molar-refractivity contribution in [2.24, 2.45) is 0 Å². The van der Waals surface area contributed by atoms with Gasteiger partial charge in [0, 0.05) is 14.5 Å². The first-order valence-corrected chi connectivity index (χ1v) is 8.81. The smallest absolute Gasteiger partial charge is 0.134 e. The third-order valence-corrected chi connectivity index (χ3v) is 4.59. The summed E-state index contributed by atoms with van der Waals surface area (Å²) in [5.74, 6) is 1.38. The van der Waals surface area contributed by atoms with Crippen LogP contribution in [0.15, 0.2) is 63.5 Å². The fourth-order valence-electron chi connectivity index (χ4n) is 2.47. The van der Waals surface area contributed by atoms with Crippen LogP contribution in [-0.4, -0.2) is 5.11 Å². The summed E-state index contributed by atoms with van der Waals surface area (Å²) < 4.78 is 8.01. The number of ether oxygens (including phenoxy) is 1. The zero-order valence-electron chi connectivity index (χ0n) is 12.8. The van der Waals surface area contributed by atoms with Gasteiger partial charge in [-0.15, -0.1) is 0 Å². The minimum Gasteiger partial charge on any atom is -0.457 e. The Kier molecular flexibility index (Phi) is 4.50. The van der Waals surface area contributed by atoms with E-state index in [0.29, 0.717) is 5.75 Å². The highest BCUT2D eigenvalue weighted by Crippen LogP contribution is 2.36. The SMILES string of the molecule is CC(C)(O)c1ccc(Br)cc1Oc1ccc2cc(Br)ccc2c1. The van der Waals surface area contributed by atoms with Gasteiger partial charge in [-0.1, -0.05) is 50.1 Å². The molecule has 2 nitrogen and oxygen atoms in total. The molecule has 3 aromatic carbocycles. The lowest BCUT2D eigenvalue weighted by atomic mass is 9.97. The topological polar surface area (TPSA) is 29.5 Å². The average Bonchev–Trinajstić information content (AvgIpc) is 2.46. The summed E-state index contributed by atoms with van der Waals surface area (Å²) in [5.41, 5.74) is -0.228. The van der Waals surface area contributed by atoms with E-state index in [1.807, 2.05) is 48.5 Å². The number of benzene rings is 3. The Balaban J connectivity index is 2.02. The molecule has 0 aliphatic heterocycles. The van der Waals surface area contributed by atoms with Crippen LogP contribution in [0.2, 0.25) is 0 Å². The monoisotopic (exact) mass is 434 g/mol. The molecule has 3 rings (SSSR count).